The summed E-state index contributed by atoms with van der Waals surface area (Å²) in [5.74, 6) is -2.29. The third-order valence-electron chi connectivity index (χ3n) is 10.5. The second-order valence-electron chi connectivity index (χ2n) is 15.0. The van der Waals surface area contributed by atoms with Crippen LogP contribution in [0.3, 0.4) is 0 Å². The molecule has 0 saturated heterocycles. The molecular formula is C53H50ClN3O11S. The number of aromatic nitrogens is 1. The Morgan fingerprint density at radius 1 is 0.681 bits per heavy atom. The number of nitrogens with one attached hydrogen (secondary N) is 1. The highest BCUT2D eigenvalue weighted by molar-refractivity contribution is 7.14. The number of carboxylic acid groups (broad SMARTS) is 1. The highest BCUT2D eigenvalue weighted by Crippen LogP contribution is 2.42. The first-order valence-electron chi connectivity index (χ1n) is 21.7. The van der Waals surface area contributed by atoms with E-state index in [1.807, 2.05) is 152 Å². The molecular weight excluding hydrogens is 922 g/mol. The Bertz CT molecular complexity index is 2580. The Labute approximate surface area is 408 Å². The molecule has 16 heteroatoms. The van der Waals surface area contributed by atoms with E-state index in [0.29, 0.717) is 29.5 Å². The van der Waals surface area contributed by atoms with Crippen molar-refractivity contribution < 1.29 is 52.7 Å². The molecule has 1 aromatic heterocycles. The average Bonchev–Trinajstić information content (AvgIpc) is 3.85. The van der Waals surface area contributed by atoms with Gasteiger partial charge in [-0.05, 0) is 39.9 Å². The molecule has 0 bridgehead atoms. The first-order valence-corrected chi connectivity index (χ1v) is 23.0. The monoisotopic (exact) mass is 971 g/mol. The first-order chi connectivity index (χ1) is 33.8. The number of esters is 1. The van der Waals surface area contributed by atoms with Crippen molar-refractivity contribution in [3.63, 3.8) is 0 Å². The number of benzene rings is 6. The van der Waals surface area contributed by atoms with E-state index in [9.17, 15) is 14.7 Å². The van der Waals surface area contributed by atoms with E-state index in [0.717, 1.165) is 16.7 Å². The van der Waals surface area contributed by atoms with Crippen LogP contribution in [0.25, 0.3) is 0 Å². The molecule has 0 aliphatic heterocycles. The SMILES string of the molecule is COCCOCOc1cc(C(ON=C(C(=O)O)c2csc(NC(c3ccccc3)(c3ccccc3)c3ccccc3)n2)C(=O)OC(c2ccccc2)c2ccccc2)cc(Cl)c1OCOCCOC. The summed E-state index contributed by atoms with van der Waals surface area (Å²) in [4.78, 5) is 38.7. The van der Waals surface area contributed by atoms with Crippen molar-refractivity contribution in [2.24, 2.45) is 5.16 Å². The van der Waals surface area contributed by atoms with Gasteiger partial charge < -0.3 is 48.4 Å². The van der Waals surface area contributed by atoms with Crippen molar-refractivity contribution in [1.29, 1.82) is 0 Å². The summed E-state index contributed by atoms with van der Waals surface area (Å²) in [5.41, 5.74) is 2.57. The topological polar surface area (TPSA) is 165 Å². The van der Waals surface area contributed by atoms with Gasteiger partial charge in [0.2, 0.25) is 11.8 Å². The molecule has 0 saturated carbocycles. The molecule has 7 aromatic rings. The number of carbonyl (C=O) groups is 2. The van der Waals surface area contributed by atoms with Gasteiger partial charge in [0, 0.05) is 25.2 Å². The van der Waals surface area contributed by atoms with Crippen LogP contribution in [-0.4, -0.2) is 82.0 Å². The minimum absolute atomic E-state index is 0.00446. The van der Waals surface area contributed by atoms with Gasteiger partial charge in [0.15, 0.2) is 36.3 Å². The zero-order valence-corrected chi connectivity index (χ0v) is 39.3. The van der Waals surface area contributed by atoms with Gasteiger partial charge >= 0.3 is 11.9 Å². The number of nitrogens with zero attached hydrogens (tertiary/aromatic N) is 2. The van der Waals surface area contributed by atoms with E-state index in [2.05, 4.69) is 10.5 Å². The van der Waals surface area contributed by atoms with Crippen LogP contribution < -0.4 is 14.8 Å². The standard InChI is InChI=1S/C53H50ClN3O11S/c1-61-28-30-63-35-65-45-33-39(32-43(54)49(45)66-36-64-31-29-62-2)48(51(60)67-47(37-18-8-3-9-19-37)38-20-10-4-11-21-38)68-57-46(50(58)59)44-34-69-52(55-44)56-53(40-22-12-5-13-23-40,41-24-14-6-15-25-41)42-26-16-7-17-27-42/h3-27,32-34,47-48H,28-31,35-36H2,1-2H3,(H,55,56)(H,58,59). The molecule has 1 heterocycles. The first kappa shape index (κ1) is 49.8. The fraction of sp³-hybridized carbons (Fsp3) is 0.208. The number of hydrogen-bond donors (Lipinski definition) is 2. The molecule has 0 aliphatic rings. The van der Waals surface area contributed by atoms with Crippen molar-refractivity contribution >= 4 is 45.7 Å². The number of carboxylic acids is 1. The van der Waals surface area contributed by atoms with Crippen molar-refractivity contribution in [1.82, 2.24) is 4.98 Å². The van der Waals surface area contributed by atoms with Crippen molar-refractivity contribution in [2.75, 3.05) is 59.5 Å². The largest absolute Gasteiger partial charge is 0.476 e. The smallest absolute Gasteiger partial charge is 0.360 e. The molecule has 356 valence electrons. The minimum atomic E-state index is -1.73. The summed E-state index contributed by atoms with van der Waals surface area (Å²) in [7, 11) is 3.09. The minimum Gasteiger partial charge on any atom is -0.476 e. The molecule has 0 fully saturated rings. The Morgan fingerprint density at radius 3 is 1.67 bits per heavy atom. The number of anilines is 1. The maximum atomic E-state index is 14.7. The van der Waals surface area contributed by atoms with Gasteiger partial charge in [-0.2, -0.15) is 0 Å². The van der Waals surface area contributed by atoms with E-state index in [4.69, 9.17) is 54.6 Å². The normalized spacial score (nSPS) is 12.0. The van der Waals surface area contributed by atoms with Crippen LogP contribution >= 0.6 is 22.9 Å². The van der Waals surface area contributed by atoms with Crippen molar-refractivity contribution in [2.45, 2.75) is 17.7 Å². The second-order valence-corrected chi connectivity index (χ2v) is 16.3. The van der Waals surface area contributed by atoms with Crippen LogP contribution in [0.4, 0.5) is 5.13 Å². The van der Waals surface area contributed by atoms with Crippen LogP contribution in [0.5, 0.6) is 11.5 Å². The Kier molecular flexibility index (Phi) is 18.3. The lowest BCUT2D eigenvalue weighted by Gasteiger charge is -2.36. The summed E-state index contributed by atoms with van der Waals surface area (Å²) in [6, 6.07) is 50.8. The number of methoxy groups -OCH3 is 2. The highest BCUT2D eigenvalue weighted by atomic mass is 35.5. The van der Waals surface area contributed by atoms with Gasteiger partial charge in [-0.15, -0.1) is 11.3 Å². The number of aliphatic carboxylic acids is 1. The maximum absolute atomic E-state index is 14.7. The Balaban J connectivity index is 1.28. The van der Waals surface area contributed by atoms with Gasteiger partial charge in [-0.25, -0.2) is 14.6 Å². The number of ether oxygens (including phenoxy) is 7. The summed E-state index contributed by atoms with van der Waals surface area (Å²) in [6.45, 7) is 0.607. The lowest BCUT2D eigenvalue weighted by molar-refractivity contribution is -0.162. The molecule has 0 radical (unpaired) electrons. The lowest BCUT2D eigenvalue weighted by Crippen LogP contribution is -2.38. The van der Waals surface area contributed by atoms with Gasteiger partial charge in [0.05, 0.1) is 31.5 Å². The van der Waals surface area contributed by atoms with Gasteiger partial charge in [-0.1, -0.05) is 168 Å². The Morgan fingerprint density at radius 2 is 1.17 bits per heavy atom. The van der Waals surface area contributed by atoms with Crippen LogP contribution in [0.1, 0.15) is 51.3 Å². The predicted molar refractivity (Wildman–Crippen MR) is 262 cm³/mol. The van der Waals surface area contributed by atoms with Crippen LogP contribution in [0, 0.1) is 0 Å². The van der Waals surface area contributed by atoms with Crippen LogP contribution in [0.2, 0.25) is 5.02 Å². The van der Waals surface area contributed by atoms with E-state index >= 15 is 0 Å². The predicted octanol–water partition coefficient (Wildman–Crippen LogP) is 10.1. The molecule has 6 aromatic carbocycles. The average molecular weight is 973 g/mol. The summed E-state index contributed by atoms with van der Waals surface area (Å²) < 4.78 is 39.4. The number of carbonyl (C=O) groups excluding carboxylic acids is 1. The number of oxime groups is 1. The molecule has 0 amide bonds. The van der Waals surface area contributed by atoms with Crippen molar-refractivity contribution in [3.05, 3.63) is 213 Å². The molecule has 1 atom stereocenters. The quantitative estimate of drug-likeness (QED) is 0.0132. The summed E-state index contributed by atoms with van der Waals surface area (Å²) in [6.07, 6.45) is -2.64. The Hall–Kier alpha value is -7.11. The third-order valence-corrected chi connectivity index (χ3v) is 11.6. The van der Waals surface area contributed by atoms with E-state index < -0.39 is 35.4 Å². The molecule has 0 spiro atoms. The number of hydrogen-bond acceptors (Lipinski definition) is 14. The summed E-state index contributed by atoms with van der Waals surface area (Å²) >= 11 is 8.06. The van der Waals surface area contributed by atoms with E-state index in [-0.39, 0.29) is 54.6 Å². The molecule has 69 heavy (non-hydrogen) atoms. The number of rotatable bonds is 26. The lowest BCUT2D eigenvalue weighted by atomic mass is 9.77. The van der Waals surface area contributed by atoms with Crippen LogP contribution in [-0.2, 0) is 43.6 Å². The molecule has 0 aliphatic carbocycles. The second kappa shape index (κ2) is 25.3. The number of halogens is 1. The molecule has 1 unspecified atom stereocenters. The van der Waals surface area contributed by atoms with Gasteiger partial charge in [0.1, 0.15) is 11.2 Å². The van der Waals surface area contributed by atoms with E-state index in [1.165, 1.54) is 23.5 Å². The molecule has 2 N–H and O–H groups in total. The fourth-order valence-corrected chi connectivity index (χ4v) is 8.30. The van der Waals surface area contributed by atoms with Gasteiger partial charge in [0.25, 0.3) is 0 Å². The molecule has 7 rings (SSSR count). The third kappa shape index (κ3) is 12.9. The zero-order valence-electron chi connectivity index (χ0n) is 37.8. The van der Waals surface area contributed by atoms with Crippen molar-refractivity contribution in [3.8, 4) is 11.5 Å². The molecule has 14 nitrogen and oxygen atoms in total. The van der Waals surface area contributed by atoms with E-state index in [1.54, 1.807) is 19.6 Å². The summed E-state index contributed by atoms with van der Waals surface area (Å²) in [5, 5.41) is 20.4. The van der Waals surface area contributed by atoms with Crippen LogP contribution in [0.15, 0.2) is 174 Å². The maximum Gasteiger partial charge on any atom is 0.360 e. The fourth-order valence-electron chi connectivity index (χ4n) is 7.28. The zero-order chi connectivity index (χ0) is 48.3. The number of thiazole rings is 1. The highest BCUT2D eigenvalue weighted by Gasteiger charge is 2.38. The van der Waals surface area contributed by atoms with Gasteiger partial charge in [-0.3, -0.25) is 0 Å².